The summed E-state index contributed by atoms with van der Waals surface area (Å²) >= 11 is 1.30. The normalized spacial score (nSPS) is 22.7. The minimum absolute atomic E-state index is 0.00574. The molecule has 1 aromatic rings. The van der Waals surface area contributed by atoms with E-state index in [-0.39, 0.29) is 17.7 Å². The first-order valence-corrected chi connectivity index (χ1v) is 10.4. The first kappa shape index (κ1) is 19.1. The zero-order valence-electron chi connectivity index (χ0n) is 15.7. The van der Waals surface area contributed by atoms with E-state index in [0.29, 0.717) is 28.1 Å². The molecule has 1 amide bonds. The molecule has 0 aromatic carbocycles. The maximum atomic E-state index is 12.4. The average Bonchev–Trinajstić information content (AvgIpc) is 3.46. The highest BCUT2D eigenvalue weighted by atomic mass is 32.2. The summed E-state index contributed by atoms with van der Waals surface area (Å²) in [7, 11) is 1.35. The number of nitrogens with one attached hydrogen (secondary N) is 1. The van der Waals surface area contributed by atoms with Crippen LogP contribution in [0.4, 0.5) is 0 Å². The van der Waals surface area contributed by atoms with Gasteiger partial charge in [0.1, 0.15) is 16.4 Å². The van der Waals surface area contributed by atoms with E-state index < -0.39 is 5.97 Å². The van der Waals surface area contributed by atoms with E-state index in [1.165, 1.54) is 38.1 Å². The molecule has 2 atom stereocenters. The number of nitrogens with zero attached hydrogens (tertiary/aromatic N) is 2. The molecule has 0 bridgehead atoms. The number of ether oxygens (including phenoxy) is 1. The number of rotatable bonds is 6. The van der Waals surface area contributed by atoms with E-state index in [0.717, 1.165) is 25.1 Å². The lowest BCUT2D eigenvalue weighted by Crippen LogP contribution is -2.41. The maximum absolute atomic E-state index is 12.4. The van der Waals surface area contributed by atoms with Crippen molar-refractivity contribution in [3.63, 3.8) is 0 Å². The zero-order chi connectivity index (χ0) is 18.7. The number of aryl methyl sites for hydroxylation is 1. The molecule has 0 unspecified atom stereocenters. The summed E-state index contributed by atoms with van der Waals surface area (Å²) in [5, 5.41) is 3.70. The summed E-state index contributed by atoms with van der Waals surface area (Å²) < 4.78 is 4.88. The van der Waals surface area contributed by atoms with Gasteiger partial charge in [-0.25, -0.2) is 14.8 Å². The number of aromatic nitrogens is 2. The van der Waals surface area contributed by atoms with Crippen LogP contribution in [0.3, 0.4) is 0 Å². The van der Waals surface area contributed by atoms with Crippen LogP contribution in [0.5, 0.6) is 0 Å². The lowest BCUT2D eigenvalue weighted by Gasteiger charge is -2.29. The predicted octanol–water partition coefficient (Wildman–Crippen LogP) is 3.24. The first-order chi connectivity index (χ1) is 12.5. The summed E-state index contributed by atoms with van der Waals surface area (Å²) in [5.41, 5.74) is 0.998. The van der Waals surface area contributed by atoms with Crippen LogP contribution in [0.1, 0.15) is 73.2 Å². The number of thioether (sulfide) groups is 1. The summed E-state index contributed by atoms with van der Waals surface area (Å²) in [5.74, 6) is 1.47. The molecule has 2 aliphatic rings. The minimum atomic E-state index is -0.450. The van der Waals surface area contributed by atoms with Crippen molar-refractivity contribution in [2.75, 3.05) is 12.9 Å². The van der Waals surface area contributed by atoms with Crippen molar-refractivity contribution in [2.24, 2.45) is 5.92 Å². The highest BCUT2D eigenvalue weighted by molar-refractivity contribution is 8.00. The molecule has 1 N–H and O–H groups in total. The Labute approximate surface area is 158 Å². The molecule has 2 fully saturated rings. The lowest BCUT2D eigenvalue weighted by atomic mass is 9.86. The van der Waals surface area contributed by atoms with Crippen LogP contribution >= 0.6 is 11.8 Å². The summed E-state index contributed by atoms with van der Waals surface area (Å²) in [6.07, 6.45) is 6.80. The van der Waals surface area contributed by atoms with Gasteiger partial charge < -0.3 is 10.1 Å². The van der Waals surface area contributed by atoms with E-state index in [1.54, 1.807) is 6.92 Å². The minimum Gasteiger partial charge on any atom is -0.465 e. The fourth-order valence-electron chi connectivity index (χ4n) is 3.45. The van der Waals surface area contributed by atoms with E-state index >= 15 is 0 Å². The predicted molar refractivity (Wildman–Crippen MR) is 100 cm³/mol. The second-order valence-corrected chi connectivity index (χ2v) is 8.30. The quantitative estimate of drug-likeness (QED) is 0.466. The number of carbonyl (C=O) groups is 2. The van der Waals surface area contributed by atoms with Gasteiger partial charge in [0.25, 0.3) is 0 Å². The fourth-order valence-corrected chi connectivity index (χ4v) is 4.33. The van der Waals surface area contributed by atoms with Crippen molar-refractivity contribution >= 4 is 23.6 Å². The van der Waals surface area contributed by atoms with E-state index in [4.69, 9.17) is 4.74 Å². The number of esters is 1. The summed E-state index contributed by atoms with van der Waals surface area (Å²) in [6.45, 7) is 4.00. The Bertz CT molecular complexity index is 691. The first-order valence-electron chi connectivity index (χ1n) is 9.38. The number of amides is 1. The van der Waals surface area contributed by atoms with Gasteiger partial charge in [-0.05, 0) is 38.5 Å². The number of methoxy groups -OCH3 is 1. The zero-order valence-corrected chi connectivity index (χ0v) is 16.5. The molecular weight excluding hydrogens is 350 g/mol. The number of carbonyl (C=O) groups excluding carboxylic acids is 2. The second-order valence-electron chi connectivity index (χ2n) is 7.34. The van der Waals surface area contributed by atoms with Gasteiger partial charge in [0.2, 0.25) is 5.91 Å². The summed E-state index contributed by atoms with van der Waals surface area (Å²) in [6, 6.07) is 0.256. The third-order valence-corrected chi connectivity index (χ3v) is 6.18. The SMILES string of the molecule is COC(=O)c1c(C)nc(C2CC2)nc1SCC(=O)N[C@H]1CCCC[C@H]1C. The van der Waals surface area contributed by atoms with Crippen LogP contribution in [-0.2, 0) is 9.53 Å². The molecular formula is C19H27N3O3S. The lowest BCUT2D eigenvalue weighted by molar-refractivity contribution is -0.119. The van der Waals surface area contributed by atoms with Crippen molar-refractivity contribution in [2.45, 2.75) is 69.4 Å². The van der Waals surface area contributed by atoms with Gasteiger partial charge in [-0.1, -0.05) is 31.5 Å². The van der Waals surface area contributed by atoms with Crippen LogP contribution in [0.2, 0.25) is 0 Å². The Hall–Kier alpha value is -1.63. The largest absolute Gasteiger partial charge is 0.465 e. The number of hydrogen-bond donors (Lipinski definition) is 1. The topological polar surface area (TPSA) is 81.2 Å². The Morgan fingerprint density at radius 2 is 1.92 bits per heavy atom. The molecule has 0 radical (unpaired) electrons. The van der Waals surface area contributed by atoms with Crippen molar-refractivity contribution in [3.05, 3.63) is 17.1 Å². The van der Waals surface area contributed by atoms with Crippen molar-refractivity contribution in [1.29, 1.82) is 0 Å². The Kier molecular flexibility index (Phi) is 6.16. The Balaban J connectivity index is 1.69. The molecule has 0 aliphatic heterocycles. The molecule has 3 rings (SSSR count). The third-order valence-electron chi connectivity index (χ3n) is 5.20. The maximum Gasteiger partial charge on any atom is 0.342 e. The molecule has 0 saturated heterocycles. The Morgan fingerprint density at radius 3 is 2.58 bits per heavy atom. The van der Waals surface area contributed by atoms with Crippen molar-refractivity contribution in [1.82, 2.24) is 15.3 Å². The van der Waals surface area contributed by atoms with E-state index in [9.17, 15) is 9.59 Å². The average molecular weight is 378 g/mol. The molecule has 6 nitrogen and oxygen atoms in total. The van der Waals surface area contributed by atoms with E-state index in [1.807, 2.05) is 0 Å². The van der Waals surface area contributed by atoms with Gasteiger partial charge in [0.15, 0.2) is 0 Å². The van der Waals surface area contributed by atoms with Crippen LogP contribution < -0.4 is 5.32 Å². The number of hydrogen-bond acceptors (Lipinski definition) is 6. The summed E-state index contributed by atoms with van der Waals surface area (Å²) in [4.78, 5) is 33.6. The molecule has 1 aromatic heterocycles. The smallest absolute Gasteiger partial charge is 0.342 e. The van der Waals surface area contributed by atoms with Gasteiger partial charge >= 0.3 is 5.97 Å². The molecule has 2 aliphatic carbocycles. The molecule has 2 saturated carbocycles. The second kappa shape index (κ2) is 8.37. The molecule has 26 heavy (non-hydrogen) atoms. The monoisotopic (exact) mass is 377 g/mol. The molecule has 142 valence electrons. The Morgan fingerprint density at radius 1 is 1.19 bits per heavy atom. The van der Waals surface area contributed by atoms with Crippen LogP contribution in [0.15, 0.2) is 5.03 Å². The van der Waals surface area contributed by atoms with Gasteiger partial charge in [-0.2, -0.15) is 0 Å². The van der Waals surface area contributed by atoms with Crippen LogP contribution in [0, 0.1) is 12.8 Å². The van der Waals surface area contributed by atoms with Gasteiger partial charge in [-0.3, -0.25) is 4.79 Å². The molecule has 7 heteroatoms. The van der Waals surface area contributed by atoms with Gasteiger partial charge in [-0.15, -0.1) is 0 Å². The van der Waals surface area contributed by atoms with Crippen LogP contribution in [-0.4, -0.2) is 40.7 Å². The van der Waals surface area contributed by atoms with E-state index in [2.05, 4.69) is 22.2 Å². The third kappa shape index (κ3) is 4.55. The molecule has 0 spiro atoms. The fraction of sp³-hybridized carbons (Fsp3) is 0.684. The van der Waals surface area contributed by atoms with Gasteiger partial charge in [0, 0.05) is 12.0 Å². The van der Waals surface area contributed by atoms with Crippen molar-refractivity contribution < 1.29 is 14.3 Å². The standard InChI is InChI=1S/C19H27N3O3S/c1-11-6-4-5-7-14(11)21-15(23)10-26-18-16(19(24)25-3)12(2)20-17(22-18)13-8-9-13/h11,13-14H,4-10H2,1-3H3,(H,21,23)/t11-,14+/m1/s1. The highest BCUT2D eigenvalue weighted by Gasteiger charge is 2.30. The van der Waals surface area contributed by atoms with Crippen molar-refractivity contribution in [3.8, 4) is 0 Å². The highest BCUT2D eigenvalue weighted by Crippen LogP contribution is 2.39. The van der Waals surface area contributed by atoms with Crippen LogP contribution in [0.25, 0.3) is 0 Å². The molecule has 1 heterocycles. The van der Waals surface area contributed by atoms with Gasteiger partial charge in [0.05, 0.1) is 18.6 Å².